The summed E-state index contributed by atoms with van der Waals surface area (Å²) in [7, 11) is 1.68. The van der Waals surface area contributed by atoms with E-state index in [0.717, 1.165) is 6.42 Å². The standard InChI is InChI=1S/C10H15ClN2O2/c1-10(2,14-3)4-5-15-9-6-8(11)12-7-13-9/h6-7H,4-5H2,1-3H3. The zero-order chi connectivity index (χ0) is 11.3. The maximum Gasteiger partial charge on any atom is 0.217 e. The molecule has 0 N–H and O–H groups in total. The maximum atomic E-state index is 5.69. The Bertz CT molecular complexity index is 318. The first-order valence-electron chi connectivity index (χ1n) is 4.69. The van der Waals surface area contributed by atoms with Crippen molar-refractivity contribution in [2.24, 2.45) is 0 Å². The summed E-state index contributed by atoms with van der Waals surface area (Å²) in [6.45, 7) is 4.54. The van der Waals surface area contributed by atoms with Crippen LogP contribution in [-0.4, -0.2) is 29.3 Å². The van der Waals surface area contributed by atoms with Crippen LogP contribution in [0.15, 0.2) is 12.4 Å². The van der Waals surface area contributed by atoms with E-state index in [1.165, 1.54) is 6.33 Å². The summed E-state index contributed by atoms with van der Waals surface area (Å²) in [6.07, 6.45) is 2.16. The number of aromatic nitrogens is 2. The SMILES string of the molecule is COC(C)(C)CCOc1cc(Cl)ncn1. The molecule has 1 heterocycles. The van der Waals surface area contributed by atoms with Gasteiger partial charge < -0.3 is 9.47 Å². The lowest BCUT2D eigenvalue weighted by molar-refractivity contribution is 0.00508. The predicted molar refractivity (Wildman–Crippen MR) is 58.2 cm³/mol. The zero-order valence-electron chi connectivity index (χ0n) is 9.16. The van der Waals surface area contributed by atoms with Crippen LogP contribution in [0.2, 0.25) is 5.15 Å². The molecule has 0 saturated heterocycles. The second kappa shape index (κ2) is 5.28. The highest BCUT2D eigenvalue weighted by Gasteiger charge is 2.16. The van der Waals surface area contributed by atoms with E-state index < -0.39 is 0 Å². The molecule has 84 valence electrons. The lowest BCUT2D eigenvalue weighted by Crippen LogP contribution is -2.25. The van der Waals surface area contributed by atoms with Crippen molar-refractivity contribution in [3.8, 4) is 5.88 Å². The van der Waals surface area contributed by atoms with Gasteiger partial charge in [-0.1, -0.05) is 11.6 Å². The second-order valence-corrected chi connectivity index (χ2v) is 4.13. The fourth-order valence-corrected chi connectivity index (χ4v) is 1.04. The number of ether oxygens (including phenoxy) is 2. The van der Waals surface area contributed by atoms with Gasteiger partial charge in [0.15, 0.2) is 0 Å². The van der Waals surface area contributed by atoms with Crippen LogP contribution in [-0.2, 0) is 4.74 Å². The summed E-state index contributed by atoms with van der Waals surface area (Å²) in [6, 6.07) is 1.58. The molecule has 1 rings (SSSR count). The summed E-state index contributed by atoms with van der Waals surface area (Å²) in [5.41, 5.74) is -0.184. The average molecular weight is 231 g/mol. The average Bonchev–Trinajstić information content (AvgIpc) is 2.18. The third-order valence-electron chi connectivity index (χ3n) is 2.12. The summed E-state index contributed by atoms with van der Waals surface area (Å²) in [5, 5.41) is 0.381. The molecule has 0 atom stereocenters. The van der Waals surface area contributed by atoms with Crippen molar-refractivity contribution in [2.75, 3.05) is 13.7 Å². The third-order valence-corrected chi connectivity index (χ3v) is 2.32. The maximum absolute atomic E-state index is 5.69. The number of hydrogen-bond donors (Lipinski definition) is 0. The monoisotopic (exact) mass is 230 g/mol. The molecule has 0 aliphatic heterocycles. The third kappa shape index (κ3) is 4.44. The Morgan fingerprint density at radius 1 is 1.40 bits per heavy atom. The first-order valence-corrected chi connectivity index (χ1v) is 5.07. The molecular weight excluding hydrogens is 216 g/mol. The van der Waals surface area contributed by atoms with E-state index in [9.17, 15) is 0 Å². The summed E-state index contributed by atoms with van der Waals surface area (Å²) < 4.78 is 10.7. The minimum absolute atomic E-state index is 0.184. The Hall–Kier alpha value is -0.870. The number of halogens is 1. The van der Waals surface area contributed by atoms with Crippen molar-refractivity contribution in [1.82, 2.24) is 9.97 Å². The van der Waals surface area contributed by atoms with Crippen molar-refractivity contribution in [3.05, 3.63) is 17.5 Å². The Kier molecular flexibility index (Phi) is 4.29. The van der Waals surface area contributed by atoms with E-state index in [1.807, 2.05) is 13.8 Å². The number of methoxy groups -OCH3 is 1. The van der Waals surface area contributed by atoms with E-state index >= 15 is 0 Å². The van der Waals surface area contributed by atoms with Crippen LogP contribution in [0, 0.1) is 0 Å². The van der Waals surface area contributed by atoms with Crippen LogP contribution in [0.1, 0.15) is 20.3 Å². The van der Waals surface area contributed by atoms with Gasteiger partial charge in [-0.2, -0.15) is 0 Å². The molecule has 0 aliphatic carbocycles. The highest BCUT2D eigenvalue weighted by atomic mass is 35.5. The predicted octanol–water partition coefficient (Wildman–Crippen LogP) is 2.32. The van der Waals surface area contributed by atoms with Gasteiger partial charge in [-0.3, -0.25) is 0 Å². The van der Waals surface area contributed by atoms with E-state index in [-0.39, 0.29) is 5.60 Å². The molecule has 4 nitrogen and oxygen atoms in total. The highest BCUT2D eigenvalue weighted by Crippen LogP contribution is 2.15. The van der Waals surface area contributed by atoms with E-state index in [0.29, 0.717) is 17.6 Å². The quantitative estimate of drug-likeness (QED) is 0.729. The highest BCUT2D eigenvalue weighted by molar-refractivity contribution is 6.29. The Morgan fingerprint density at radius 3 is 2.73 bits per heavy atom. The molecule has 0 bridgehead atoms. The van der Waals surface area contributed by atoms with Crippen LogP contribution in [0.5, 0.6) is 5.88 Å². The molecule has 0 amide bonds. The largest absolute Gasteiger partial charge is 0.477 e. The minimum Gasteiger partial charge on any atom is -0.477 e. The van der Waals surface area contributed by atoms with Gasteiger partial charge in [-0.05, 0) is 13.8 Å². The van der Waals surface area contributed by atoms with Crippen LogP contribution in [0.4, 0.5) is 0 Å². The van der Waals surface area contributed by atoms with Gasteiger partial charge in [0.05, 0.1) is 12.2 Å². The summed E-state index contributed by atoms with van der Waals surface area (Å²) >= 11 is 5.69. The lowest BCUT2D eigenvalue weighted by atomic mass is 10.1. The lowest BCUT2D eigenvalue weighted by Gasteiger charge is -2.22. The molecule has 1 aromatic heterocycles. The van der Waals surface area contributed by atoms with Crippen LogP contribution in [0.25, 0.3) is 0 Å². The van der Waals surface area contributed by atoms with Gasteiger partial charge in [0.1, 0.15) is 11.5 Å². The van der Waals surface area contributed by atoms with Crippen LogP contribution < -0.4 is 4.74 Å². The Labute approximate surface area is 94.6 Å². The molecular formula is C10H15ClN2O2. The van der Waals surface area contributed by atoms with Crippen LogP contribution in [0.3, 0.4) is 0 Å². The molecule has 0 aliphatic rings. The van der Waals surface area contributed by atoms with Crippen molar-refractivity contribution >= 4 is 11.6 Å². The Balaban J connectivity index is 2.38. The van der Waals surface area contributed by atoms with E-state index in [4.69, 9.17) is 21.1 Å². The molecule has 15 heavy (non-hydrogen) atoms. The van der Waals surface area contributed by atoms with Gasteiger partial charge in [0.2, 0.25) is 5.88 Å². The minimum atomic E-state index is -0.184. The molecule has 0 radical (unpaired) electrons. The smallest absolute Gasteiger partial charge is 0.217 e. The Morgan fingerprint density at radius 2 is 2.13 bits per heavy atom. The molecule has 0 fully saturated rings. The number of rotatable bonds is 5. The van der Waals surface area contributed by atoms with Gasteiger partial charge in [0, 0.05) is 19.6 Å². The fourth-order valence-electron chi connectivity index (χ4n) is 0.900. The van der Waals surface area contributed by atoms with E-state index in [1.54, 1.807) is 13.2 Å². The molecule has 5 heteroatoms. The topological polar surface area (TPSA) is 44.2 Å². The van der Waals surface area contributed by atoms with Crippen molar-refractivity contribution < 1.29 is 9.47 Å². The van der Waals surface area contributed by atoms with Crippen molar-refractivity contribution in [2.45, 2.75) is 25.9 Å². The second-order valence-electron chi connectivity index (χ2n) is 3.74. The fraction of sp³-hybridized carbons (Fsp3) is 0.600. The normalized spacial score (nSPS) is 11.5. The van der Waals surface area contributed by atoms with Crippen LogP contribution >= 0.6 is 11.6 Å². The number of hydrogen-bond acceptors (Lipinski definition) is 4. The molecule has 1 aromatic rings. The molecule has 0 aromatic carbocycles. The van der Waals surface area contributed by atoms with Gasteiger partial charge >= 0.3 is 0 Å². The van der Waals surface area contributed by atoms with Crippen molar-refractivity contribution in [1.29, 1.82) is 0 Å². The van der Waals surface area contributed by atoms with Crippen molar-refractivity contribution in [3.63, 3.8) is 0 Å². The molecule has 0 saturated carbocycles. The number of nitrogens with zero attached hydrogens (tertiary/aromatic N) is 2. The zero-order valence-corrected chi connectivity index (χ0v) is 9.91. The molecule has 0 spiro atoms. The molecule has 0 unspecified atom stereocenters. The van der Waals surface area contributed by atoms with Gasteiger partial charge in [0.25, 0.3) is 0 Å². The first-order chi connectivity index (χ1) is 7.03. The summed E-state index contributed by atoms with van der Waals surface area (Å²) in [5.74, 6) is 0.488. The van der Waals surface area contributed by atoms with Gasteiger partial charge in [-0.15, -0.1) is 0 Å². The summed E-state index contributed by atoms with van der Waals surface area (Å²) in [4.78, 5) is 7.69. The van der Waals surface area contributed by atoms with Gasteiger partial charge in [-0.25, -0.2) is 9.97 Å². The van der Waals surface area contributed by atoms with E-state index in [2.05, 4.69) is 9.97 Å². The first kappa shape index (κ1) is 12.2.